The molecule has 2 amide bonds. The molecule has 146 valence electrons. The predicted molar refractivity (Wildman–Crippen MR) is 103 cm³/mol. The minimum atomic E-state index is -0.263. The van der Waals surface area contributed by atoms with Crippen LogP contribution < -0.4 is 15.4 Å². The van der Waals surface area contributed by atoms with E-state index < -0.39 is 0 Å². The van der Waals surface area contributed by atoms with Gasteiger partial charge in [-0.05, 0) is 43.5 Å². The van der Waals surface area contributed by atoms with Gasteiger partial charge in [0.15, 0.2) is 11.5 Å². The lowest BCUT2D eigenvalue weighted by Gasteiger charge is -2.09. The monoisotopic (exact) mass is 373 g/mol. The second-order valence-corrected chi connectivity index (χ2v) is 6.92. The summed E-state index contributed by atoms with van der Waals surface area (Å²) in [6.45, 7) is 8.08. The number of carbonyl (C=O) groups excluding carboxylic acids is 2. The maximum Gasteiger partial charge on any atom is 0.273 e. The number of nitrogens with one attached hydrogen (secondary N) is 2. The van der Waals surface area contributed by atoms with E-state index in [0.29, 0.717) is 23.8 Å². The molecule has 0 saturated carbocycles. The molecule has 0 saturated heterocycles. The summed E-state index contributed by atoms with van der Waals surface area (Å²) in [5.74, 6) is 1.12. The number of amides is 2. The molecule has 2 N–H and O–H groups in total. The number of ether oxygens (including phenoxy) is 1. The van der Waals surface area contributed by atoms with Crippen molar-refractivity contribution in [1.29, 1.82) is 0 Å². The molecule has 1 atom stereocenters. The Labute approximate surface area is 159 Å². The molecule has 7 heteroatoms. The summed E-state index contributed by atoms with van der Waals surface area (Å²) in [6, 6.07) is 8.72. The summed E-state index contributed by atoms with van der Waals surface area (Å²) in [5.41, 5.74) is 0.953. The molecule has 1 heterocycles. The number of rotatable bonds is 9. The third-order valence-corrected chi connectivity index (χ3v) is 3.89. The zero-order valence-electron chi connectivity index (χ0n) is 16.2. The van der Waals surface area contributed by atoms with Crippen molar-refractivity contribution in [3.05, 3.63) is 41.8 Å². The quantitative estimate of drug-likeness (QED) is 0.698. The molecule has 0 aliphatic carbocycles. The van der Waals surface area contributed by atoms with Crippen molar-refractivity contribution in [3.63, 3.8) is 0 Å². The molecular formula is C20H27N3O4. The molecule has 1 unspecified atom stereocenters. The lowest BCUT2D eigenvalue weighted by Crippen LogP contribution is -2.32. The molecule has 27 heavy (non-hydrogen) atoms. The first kappa shape index (κ1) is 20.5. The van der Waals surface area contributed by atoms with Crippen LogP contribution in [-0.4, -0.2) is 23.0 Å². The number of hydrogen-bond acceptors (Lipinski definition) is 5. The third kappa shape index (κ3) is 6.77. The van der Waals surface area contributed by atoms with Gasteiger partial charge in [0.1, 0.15) is 12.4 Å². The van der Waals surface area contributed by atoms with Crippen molar-refractivity contribution in [3.8, 4) is 5.75 Å². The van der Waals surface area contributed by atoms with E-state index in [0.717, 1.165) is 12.1 Å². The van der Waals surface area contributed by atoms with Gasteiger partial charge in [-0.15, -0.1) is 0 Å². The highest BCUT2D eigenvalue weighted by molar-refractivity contribution is 5.92. The van der Waals surface area contributed by atoms with Gasteiger partial charge in [0.25, 0.3) is 5.91 Å². The Kier molecular flexibility index (Phi) is 7.40. The van der Waals surface area contributed by atoms with E-state index in [-0.39, 0.29) is 30.2 Å². The van der Waals surface area contributed by atoms with Gasteiger partial charge in [-0.1, -0.05) is 25.9 Å². The number of aromatic nitrogens is 1. The summed E-state index contributed by atoms with van der Waals surface area (Å²) in [6.07, 6.45) is 1.32. The van der Waals surface area contributed by atoms with Crippen molar-refractivity contribution >= 4 is 17.5 Å². The Bertz CT molecular complexity index is 753. The zero-order valence-corrected chi connectivity index (χ0v) is 16.2. The largest absolute Gasteiger partial charge is 0.486 e. The fourth-order valence-electron chi connectivity index (χ4n) is 2.26. The summed E-state index contributed by atoms with van der Waals surface area (Å²) < 4.78 is 10.8. The molecular weight excluding hydrogens is 346 g/mol. The highest BCUT2D eigenvalue weighted by atomic mass is 16.5. The van der Waals surface area contributed by atoms with Crippen LogP contribution in [0.2, 0.25) is 0 Å². The normalized spacial score (nSPS) is 11.9. The van der Waals surface area contributed by atoms with E-state index >= 15 is 0 Å². The Morgan fingerprint density at radius 1 is 1.19 bits per heavy atom. The van der Waals surface area contributed by atoms with Gasteiger partial charge in [0.05, 0.1) is 0 Å². The average molecular weight is 373 g/mol. The minimum absolute atomic E-state index is 0.0106. The number of benzene rings is 1. The maximum atomic E-state index is 12.0. The molecule has 0 fully saturated rings. The molecule has 0 aliphatic rings. The van der Waals surface area contributed by atoms with Crippen LogP contribution >= 0.6 is 0 Å². The van der Waals surface area contributed by atoms with E-state index in [9.17, 15) is 9.59 Å². The van der Waals surface area contributed by atoms with Crippen LogP contribution in [0.15, 0.2) is 34.9 Å². The van der Waals surface area contributed by atoms with Crippen LogP contribution in [0, 0.1) is 5.92 Å². The first-order chi connectivity index (χ1) is 12.9. The molecule has 7 nitrogen and oxygen atoms in total. The first-order valence-electron chi connectivity index (χ1n) is 9.16. The fraction of sp³-hybridized carbons (Fsp3) is 0.450. The first-order valence-corrected chi connectivity index (χ1v) is 9.16. The van der Waals surface area contributed by atoms with Crippen LogP contribution in [0.5, 0.6) is 5.75 Å². The van der Waals surface area contributed by atoms with Crippen molar-refractivity contribution in [1.82, 2.24) is 10.5 Å². The number of anilines is 1. The van der Waals surface area contributed by atoms with Gasteiger partial charge >= 0.3 is 0 Å². The van der Waals surface area contributed by atoms with Gasteiger partial charge in [0, 0.05) is 24.2 Å². The fourth-order valence-corrected chi connectivity index (χ4v) is 2.26. The molecule has 2 rings (SSSR count). The molecule has 1 aromatic carbocycles. The van der Waals surface area contributed by atoms with E-state index in [1.807, 2.05) is 27.7 Å². The second kappa shape index (κ2) is 9.75. The number of carbonyl (C=O) groups is 2. The van der Waals surface area contributed by atoms with Crippen LogP contribution in [0.1, 0.15) is 56.8 Å². The van der Waals surface area contributed by atoms with Crippen LogP contribution in [0.25, 0.3) is 0 Å². The van der Waals surface area contributed by atoms with Crippen molar-refractivity contribution in [2.24, 2.45) is 5.92 Å². The van der Waals surface area contributed by atoms with E-state index in [2.05, 4.69) is 15.8 Å². The van der Waals surface area contributed by atoms with Crippen LogP contribution in [0.4, 0.5) is 5.69 Å². The van der Waals surface area contributed by atoms with Gasteiger partial charge < -0.3 is 19.9 Å². The Morgan fingerprint density at radius 2 is 1.89 bits per heavy atom. The lowest BCUT2D eigenvalue weighted by molar-refractivity contribution is -0.116. The van der Waals surface area contributed by atoms with Gasteiger partial charge in [-0.3, -0.25) is 9.59 Å². The van der Waals surface area contributed by atoms with Crippen molar-refractivity contribution in [2.45, 2.75) is 53.2 Å². The molecule has 1 aromatic heterocycles. The van der Waals surface area contributed by atoms with Gasteiger partial charge in [0.2, 0.25) is 5.91 Å². The summed E-state index contributed by atoms with van der Waals surface area (Å²) in [7, 11) is 0. The van der Waals surface area contributed by atoms with Gasteiger partial charge in [-0.25, -0.2) is 0 Å². The highest BCUT2D eigenvalue weighted by Gasteiger charge is 2.14. The third-order valence-electron chi connectivity index (χ3n) is 3.89. The number of nitrogens with zero attached hydrogens (tertiary/aromatic N) is 1. The average Bonchev–Trinajstić information content (AvgIpc) is 3.09. The van der Waals surface area contributed by atoms with Crippen LogP contribution in [0.3, 0.4) is 0 Å². The van der Waals surface area contributed by atoms with Crippen molar-refractivity contribution < 1.29 is 18.8 Å². The molecule has 0 bridgehead atoms. The lowest BCUT2D eigenvalue weighted by atomic mass is 10.1. The van der Waals surface area contributed by atoms with E-state index in [1.165, 1.54) is 0 Å². The molecule has 0 radical (unpaired) electrons. The summed E-state index contributed by atoms with van der Waals surface area (Å²) in [5, 5.41) is 9.44. The Morgan fingerprint density at radius 3 is 2.52 bits per heavy atom. The SMILES string of the molecule is CCC(C)NC(=O)c1cc(COc2ccc(NC(=O)CC(C)C)cc2)on1. The molecule has 0 aliphatic heterocycles. The van der Waals surface area contributed by atoms with Crippen LogP contribution in [-0.2, 0) is 11.4 Å². The molecule has 2 aromatic rings. The second-order valence-electron chi connectivity index (χ2n) is 6.92. The Balaban J connectivity index is 1.85. The van der Waals surface area contributed by atoms with E-state index in [4.69, 9.17) is 9.26 Å². The summed E-state index contributed by atoms with van der Waals surface area (Å²) >= 11 is 0. The number of hydrogen-bond donors (Lipinski definition) is 2. The topological polar surface area (TPSA) is 93.5 Å². The maximum absolute atomic E-state index is 12.0. The smallest absolute Gasteiger partial charge is 0.273 e. The van der Waals surface area contributed by atoms with E-state index in [1.54, 1.807) is 30.3 Å². The molecule has 0 spiro atoms. The van der Waals surface area contributed by atoms with Crippen molar-refractivity contribution in [2.75, 3.05) is 5.32 Å². The predicted octanol–water partition coefficient (Wildman–Crippen LogP) is 3.77. The summed E-state index contributed by atoms with van der Waals surface area (Å²) in [4.78, 5) is 23.8. The van der Waals surface area contributed by atoms with Gasteiger partial charge in [-0.2, -0.15) is 0 Å². The highest BCUT2D eigenvalue weighted by Crippen LogP contribution is 2.18. The standard InChI is InChI=1S/C20H27N3O4/c1-5-14(4)21-20(25)18-11-17(27-23-18)12-26-16-8-6-15(7-9-16)22-19(24)10-13(2)3/h6-9,11,13-14H,5,10,12H2,1-4H3,(H,21,25)(H,22,24). The zero-order chi connectivity index (χ0) is 19.8. The minimum Gasteiger partial charge on any atom is -0.486 e. The Hall–Kier alpha value is -2.83.